The molecule has 0 saturated carbocycles. The lowest BCUT2D eigenvalue weighted by Crippen LogP contribution is -2.77. The second-order valence-electron chi connectivity index (χ2n) is 6.97. The molecule has 2 aliphatic rings. The fourth-order valence-electron chi connectivity index (χ4n) is 3.34. The van der Waals surface area contributed by atoms with Crippen LogP contribution in [0.5, 0.6) is 0 Å². The third-order valence-corrected chi connectivity index (χ3v) is 4.84. The molecule has 12 nitrogen and oxygen atoms in total. The van der Waals surface area contributed by atoms with Crippen LogP contribution in [-0.2, 0) is 19.0 Å². The molecule has 0 aromatic rings. The van der Waals surface area contributed by atoms with Crippen LogP contribution in [0, 0.1) is 0 Å². The molecular weight excluding hydrogens is 372 g/mol. The lowest BCUT2D eigenvalue weighted by molar-refractivity contribution is -0.409. The first-order valence-corrected chi connectivity index (χ1v) is 8.37. The highest BCUT2D eigenvalue weighted by Crippen LogP contribution is 2.45. The van der Waals surface area contributed by atoms with Gasteiger partial charge in [-0.05, 0) is 13.8 Å². The Kier molecular flexibility index (Phi) is 6.48. The summed E-state index contributed by atoms with van der Waals surface area (Å²) in [6.07, 6.45) is -14.6. The minimum Gasteiger partial charge on any atom is -0.461 e. The molecule has 2 heterocycles. The van der Waals surface area contributed by atoms with E-state index in [0.717, 1.165) is 0 Å². The molecule has 2 saturated heterocycles. The van der Waals surface area contributed by atoms with Crippen LogP contribution in [-0.4, -0.2) is 120 Å². The van der Waals surface area contributed by atoms with Crippen molar-refractivity contribution in [3.05, 3.63) is 0 Å². The minimum absolute atomic E-state index is 0.647. The van der Waals surface area contributed by atoms with E-state index in [2.05, 4.69) is 0 Å². The van der Waals surface area contributed by atoms with Crippen LogP contribution in [0.15, 0.2) is 0 Å². The van der Waals surface area contributed by atoms with Crippen molar-refractivity contribution in [2.75, 3.05) is 13.2 Å². The maximum absolute atomic E-state index is 12.2. The van der Waals surface area contributed by atoms with Crippen LogP contribution in [0.25, 0.3) is 0 Å². The van der Waals surface area contributed by atoms with Gasteiger partial charge < -0.3 is 55.1 Å². The Morgan fingerprint density at radius 1 is 1.00 bits per heavy atom. The number of hydrogen-bond donors (Lipinski definition) is 8. The molecule has 0 radical (unpaired) electrons. The smallest absolute Gasteiger partial charge is 0.338 e. The van der Waals surface area contributed by atoms with Crippen molar-refractivity contribution in [3.8, 4) is 0 Å². The largest absolute Gasteiger partial charge is 0.461 e. The third-order valence-electron chi connectivity index (χ3n) is 4.84. The van der Waals surface area contributed by atoms with Crippen molar-refractivity contribution in [2.24, 2.45) is 0 Å². The van der Waals surface area contributed by atoms with E-state index in [1.54, 1.807) is 0 Å². The molecule has 0 aromatic heterocycles. The molecule has 0 amide bonds. The molecule has 2 aliphatic heterocycles. The number of ether oxygens (including phenoxy) is 3. The Hall–Kier alpha value is -0.930. The standard InChI is InChI=1S/C15H26O12/c1-5(2)25-13(23)10-8(19)9(20)12(22)15(24,27-10)14(4-17)11(21)7(18)6(3-16)26-14/h5-12,16-22,24H,3-4H2,1-2H3/t6-,7-,8+,9+,10+,11+,12-,14-,15-/m1/s1. The second kappa shape index (κ2) is 7.83. The van der Waals surface area contributed by atoms with Gasteiger partial charge in [-0.2, -0.15) is 0 Å². The lowest BCUT2D eigenvalue weighted by atomic mass is 9.78. The first-order chi connectivity index (χ1) is 12.5. The predicted octanol–water partition coefficient (Wildman–Crippen LogP) is -5.05. The fraction of sp³-hybridized carbons (Fsp3) is 0.933. The molecule has 2 fully saturated rings. The predicted molar refractivity (Wildman–Crippen MR) is 82.9 cm³/mol. The maximum atomic E-state index is 12.2. The number of esters is 1. The Balaban J connectivity index is 2.46. The Labute approximate surface area is 154 Å². The fourth-order valence-corrected chi connectivity index (χ4v) is 3.34. The SMILES string of the molecule is CC(C)OC(=O)[C@H]1O[C@@](O)([C@]2(CO)O[C@H](CO)[C@@H](O)[C@@H]2O)[C@H](O)[C@@H](O)[C@@H]1O. The van der Waals surface area contributed by atoms with Gasteiger partial charge in [0.05, 0.1) is 19.3 Å². The van der Waals surface area contributed by atoms with Gasteiger partial charge >= 0.3 is 5.97 Å². The molecule has 0 aromatic carbocycles. The molecule has 2 rings (SSSR count). The summed E-state index contributed by atoms with van der Waals surface area (Å²) in [5, 5.41) is 80.7. The van der Waals surface area contributed by atoms with E-state index < -0.39 is 79.4 Å². The molecule has 0 spiro atoms. The van der Waals surface area contributed by atoms with Gasteiger partial charge in [0.25, 0.3) is 0 Å². The van der Waals surface area contributed by atoms with Gasteiger partial charge in [0.2, 0.25) is 5.79 Å². The van der Waals surface area contributed by atoms with Gasteiger partial charge in [-0.15, -0.1) is 0 Å². The zero-order valence-corrected chi connectivity index (χ0v) is 14.7. The molecule has 158 valence electrons. The highest BCUT2D eigenvalue weighted by molar-refractivity contribution is 5.76. The number of aliphatic hydroxyl groups excluding tert-OH is 7. The van der Waals surface area contributed by atoms with Crippen molar-refractivity contribution < 1.29 is 59.9 Å². The summed E-state index contributed by atoms with van der Waals surface area (Å²) in [5.74, 6) is -4.35. The topological polar surface area (TPSA) is 207 Å². The van der Waals surface area contributed by atoms with Crippen molar-refractivity contribution >= 4 is 5.97 Å². The van der Waals surface area contributed by atoms with Crippen LogP contribution in [0.3, 0.4) is 0 Å². The van der Waals surface area contributed by atoms with E-state index in [1.165, 1.54) is 13.8 Å². The Morgan fingerprint density at radius 3 is 2.04 bits per heavy atom. The van der Waals surface area contributed by atoms with Crippen LogP contribution in [0.2, 0.25) is 0 Å². The molecule has 27 heavy (non-hydrogen) atoms. The minimum atomic E-state index is -3.16. The molecule has 9 atom stereocenters. The summed E-state index contributed by atoms with van der Waals surface area (Å²) in [7, 11) is 0. The molecule has 0 unspecified atom stereocenters. The zero-order valence-electron chi connectivity index (χ0n) is 14.7. The first kappa shape index (κ1) is 22.4. The van der Waals surface area contributed by atoms with Crippen molar-refractivity contribution in [3.63, 3.8) is 0 Å². The normalized spacial score (nSPS) is 48.0. The van der Waals surface area contributed by atoms with Crippen LogP contribution in [0.1, 0.15) is 13.8 Å². The summed E-state index contributed by atoms with van der Waals surface area (Å²) in [5.41, 5.74) is -2.66. The third kappa shape index (κ3) is 3.35. The quantitative estimate of drug-likeness (QED) is 0.205. The highest BCUT2D eigenvalue weighted by Gasteiger charge is 2.72. The van der Waals surface area contributed by atoms with E-state index in [4.69, 9.17) is 14.2 Å². The number of hydrogen-bond acceptors (Lipinski definition) is 12. The molecule has 0 aliphatic carbocycles. The molecule has 8 N–H and O–H groups in total. The van der Waals surface area contributed by atoms with E-state index in [1.807, 2.05) is 0 Å². The van der Waals surface area contributed by atoms with E-state index in [9.17, 15) is 45.6 Å². The second-order valence-corrected chi connectivity index (χ2v) is 6.97. The summed E-state index contributed by atoms with van der Waals surface area (Å²) < 4.78 is 15.2. The summed E-state index contributed by atoms with van der Waals surface area (Å²) in [6.45, 7) is 0.915. The van der Waals surface area contributed by atoms with Gasteiger partial charge in [-0.25, -0.2) is 4.79 Å². The van der Waals surface area contributed by atoms with Crippen molar-refractivity contribution in [1.29, 1.82) is 0 Å². The van der Waals surface area contributed by atoms with Crippen molar-refractivity contribution in [1.82, 2.24) is 0 Å². The Bertz CT molecular complexity index is 543. The van der Waals surface area contributed by atoms with E-state index in [0.29, 0.717) is 0 Å². The van der Waals surface area contributed by atoms with Gasteiger partial charge in [-0.1, -0.05) is 0 Å². The monoisotopic (exact) mass is 398 g/mol. The molecule has 0 bridgehead atoms. The van der Waals surface area contributed by atoms with Gasteiger partial charge in [0, 0.05) is 0 Å². The Morgan fingerprint density at radius 2 is 1.59 bits per heavy atom. The van der Waals surface area contributed by atoms with Gasteiger partial charge in [0.1, 0.15) is 36.6 Å². The highest BCUT2D eigenvalue weighted by atomic mass is 16.7. The summed E-state index contributed by atoms with van der Waals surface area (Å²) in [4.78, 5) is 12.2. The van der Waals surface area contributed by atoms with Gasteiger partial charge in [-0.3, -0.25) is 0 Å². The van der Waals surface area contributed by atoms with Gasteiger partial charge in [0.15, 0.2) is 11.7 Å². The maximum Gasteiger partial charge on any atom is 0.338 e. The number of rotatable bonds is 5. The van der Waals surface area contributed by atoms with Crippen LogP contribution in [0.4, 0.5) is 0 Å². The number of carbonyl (C=O) groups is 1. The molecule has 12 heteroatoms. The summed E-state index contributed by atoms with van der Waals surface area (Å²) in [6, 6.07) is 0. The number of carbonyl (C=O) groups excluding carboxylic acids is 1. The first-order valence-electron chi connectivity index (χ1n) is 8.37. The van der Waals surface area contributed by atoms with E-state index in [-0.39, 0.29) is 0 Å². The lowest BCUT2D eigenvalue weighted by Gasteiger charge is -2.52. The zero-order chi connectivity index (χ0) is 20.7. The average molecular weight is 398 g/mol. The van der Waals surface area contributed by atoms with Crippen molar-refractivity contribution in [2.45, 2.75) is 74.1 Å². The van der Waals surface area contributed by atoms with E-state index >= 15 is 0 Å². The van der Waals surface area contributed by atoms with Crippen LogP contribution >= 0.6 is 0 Å². The molecular formula is C15H26O12. The number of aliphatic hydroxyl groups is 8. The summed E-state index contributed by atoms with van der Waals surface area (Å²) >= 11 is 0. The van der Waals surface area contributed by atoms with Crippen LogP contribution < -0.4 is 0 Å². The average Bonchev–Trinajstić information content (AvgIpc) is 2.87.